The van der Waals surface area contributed by atoms with E-state index < -0.39 is 0 Å². The van der Waals surface area contributed by atoms with E-state index >= 15 is 0 Å². The normalized spacial score (nSPS) is 16.4. The Bertz CT molecular complexity index is 828. The average Bonchev–Trinajstić information content (AvgIpc) is 2.52. The number of aromatic nitrogens is 1. The number of nitrogens with zero attached hydrogens (tertiary/aromatic N) is 1. The van der Waals surface area contributed by atoms with E-state index in [1.165, 1.54) is 6.08 Å². The van der Waals surface area contributed by atoms with Gasteiger partial charge in [0.15, 0.2) is 0 Å². The Kier molecular flexibility index (Phi) is 3.18. The summed E-state index contributed by atoms with van der Waals surface area (Å²) in [5.74, 6) is -0.121. The second-order valence-corrected chi connectivity index (χ2v) is 4.91. The minimum absolute atomic E-state index is 0.0332. The molecule has 0 atom stereocenters. The number of Topliss-reactive ketones (excluding diaryl/α,β-unsaturated/α-hetero) is 1. The molecule has 2 aromatic rings. The van der Waals surface area contributed by atoms with Crippen LogP contribution in [-0.2, 0) is 11.3 Å². The van der Waals surface area contributed by atoms with Crippen LogP contribution in [0.3, 0.4) is 0 Å². The third-order valence-corrected chi connectivity index (χ3v) is 3.78. The summed E-state index contributed by atoms with van der Waals surface area (Å²) in [7, 11) is 0. The van der Waals surface area contributed by atoms with Gasteiger partial charge >= 0.3 is 0 Å². The summed E-state index contributed by atoms with van der Waals surface area (Å²) in [6, 6.07) is 12.1. The zero-order valence-corrected chi connectivity index (χ0v) is 11.8. The van der Waals surface area contributed by atoms with Gasteiger partial charge in [0.05, 0.1) is 11.1 Å². The van der Waals surface area contributed by atoms with Crippen molar-refractivity contribution in [2.24, 2.45) is 0 Å². The van der Waals surface area contributed by atoms with Crippen molar-refractivity contribution in [3.05, 3.63) is 71.7 Å². The summed E-state index contributed by atoms with van der Waals surface area (Å²) in [5, 5.41) is 11.0. The number of fused-ring (bicyclic) bond motifs is 1. The zero-order chi connectivity index (χ0) is 15.0. The molecule has 0 aliphatic heterocycles. The predicted octanol–water partition coefficient (Wildman–Crippen LogP) is 3.11. The lowest BCUT2D eigenvalue weighted by Gasteiger charge is -2.17. The Labute approximate surface area is 123 Å². The molecule has 1 heterocycles. The van der Waals surface area contributed by atoms with Gasteiger partial charge in [0.1, 0.15) is 12.3 Å². The highest BCUT2D eigenvalue weighted by molar-refractivity contribution is 6.23. The van der Waals surface area contributed by atoms with Crippen LogP contribution < -0.4 is 4.57 Å². The first kappa shape index (κ1) is 13.3. The van der Waals surface area contributed by atoms with E-state index in [2.05, 4.69) is 24.1 Å². The number of carbonyl (C=O) groups excluding carboxylic acids is 1. The number of carbonyl (C=O) groups is 1. The van der Waals surface area contributed by atoms with E-state index in [4.69, 9.17) is 0 Å². The van der Waals surface area contributed by atoms with Crippen LogP contribution in [0.25, 0.3) is 17.0 Å². The van der Waals surface area contributed by atoms with Gasteiger partial charge < -0.3 is 5.11 Å². The molecule has 0 fully saturated rings. The molecule has 21 heavy (non-hydrogen) atoms. The van der Waals surface area contributed by atoms with Crippen molar-refractivity contribution in [3.63, 3.8) is 0 Å². The van der Waals surface area contributed by atoms with Gasteiger partial charge in [-0.15, -0.1) is 0 Å². The molecule has 0 saturated carbocycles. The predicted molar refractivity (Wildman–Crippen MR) is 82.7 cm³/mol. The Hall–Kier alpha value is -2.68. The fraction of sp³-hybridized carbons (Fsp3) is 0.111. The van der Waals surface area contributed by atoms with Crippen LogP contribution in [0.4, 0.5) is 0 Å². The SMILES string of the molecule is C=CC1=C(O)C(=Cc2ccc3ccccc3[n+]2CC)C1=O. The largest absolute Gasteiger partial charge is 0.506 e. The van der Waals surface area contributed by atoms with Gasteiger partial charge in [-0.25, -0.2) is 0 Å². The first-order chi connectivity index (χ1) is 10.2. The van der Waals surface area contributed by atoms with Gasteiger partial charge in [0, 0.05) is 23.6 Å². The van der Waals surface area contributed by atoms with Crippen molar-refractivity contribution in [2.45, 2.75) is 13.5 Å². The van der Waals surface area contributed by atoms with Crippen LogP contribution in [0.5, 0.6) is 0 Å². The number of aliphatic hydroxyl groups is 1. The van der Waals surface area contributed by atoms with Crippen molar-refractivity contribution < 1.29 is 14.5 Å². The Morgan fingerprint density at radius 1 is 1.24 bits per heavy atom. The highest BCUT2D eigenvalue weighted by Crippen LogP contribution is 2.30. The Balaban J connectivity index is 2.17. The average molecular weight is 278 g/mol. The fourth-order valence-electron chi connectivity index (χ4n) is 2.67. The molecule has 0 amide bonds. The lowest BCUT2D eigenvalue weighted by molar-refractivity contribution is -0.669. The molecule has 3 rings (SSSR count). The number of aliphatic hydroxyl groups excluding tert-OH is 1. The molecule has 0 bridgehead atoms. The molecule has 0 radical (unpaired) electrons. The minimum atomic E-state index is -0.154. The number of benzene rings is 1. The summed E-state index contributed by atoms with van der Waals surface area (Å²) in [6.07, 6.45) is 3.13. The second-order valence-electron chi connectivity index (χ2n) is 4.91. The van der Waals surface area contributed by atoms with Crippen molar-refractivity contribution in [1.82, 2.24) is 0 Å². The molecular formula is C18H16NO2+. The first-order valence-corrected chi connectivity index (χ1v) is 6.91. The van der Waals surface area contributed by atoms with Crippen LogP contribution in [-0.4, -0.2) is 10.9 Å². The molecule has 1 N–H and O–H groups in total. The first-order valence-electron chi connectivity index (χ1n) is 6.91. The number of rotatable bonds is 3. The van der Waals surface area contributed by atoms with Crippen LogP contribution in [0.15, 0.2) is 66.0 Å². The lowest BCUT2D eigenvalue weighted by atomic mass is 9.87. The number of hydrogen-bond acceptors (Lipinski definition) is 2. The minimum Gasteiger partial charge on any atom is -0.506 e. The number of allylic oxidation sites excluding steroid dienone is 3. The van der Waals surface area contributed by atoms with E-state index in [0.717, 1.165) is 23.1 Å². The molecule has 104 valence electrons. The van der Waals surface area contributed by atoms with E-state index in [0.29, 0.717) is 11.1 Å². The molecule has 0 unspecified atom stereocenters. The van der Waals surface area contributed by atoms with E-state index in [1.807, 2.05) is 30.3 Å². The topological polar surface area (TPSA) is 41.2 Å². The van der Waals surface area contributed by atoms with Crippen LogP contribution in [0, 0.1) is 0 Å². The highest BCUT2D eigenvalue weighted by atomic mass is 16.3. The number of aryl methyl sites for hydroxylation is 1. The summed E-state index contributed by atoms with van der Waals surface area (Å²) in [4.78, 5) is 11.9. The summed E-state index contributed by atoms with van der Waals surface area (Å²) in [5.41, 5.74) is 2.65. The van der Waals surface area contributed by atoms with E-state index in [1.54, 1.807) is 6.08 Å². The maximum atomic E-state index is 11.9. The smallest absolute Gasteiger partial charge is 0.212 e. The number of ketones is 1. The van der Waals surface area contributed by atoms with Crippen molar-refractivity contribution in [2.75, 3.05) is 0 Å². The molecule has 1 aliphatic rings. The van der Waals surface area contributed by atoms with Gasteiger partial charge in [0.25, 0.3) is 0 Å². The number of pyridine rings is 1. The third-order valence-electron chi connectivity index (χ3n) is 3.78. The van der Waals surface area contributed by atoms with Crippen molar-refractivity contribution in [3.8, 4) is 0 Å². The molecule has 0 saturated heterocycles. The molecule has 1 aromatic heterocycles. The monoisotopic (exact) mass is 278 g/mol. The Morgan fingerprint density at radius 3 is 2.67 bits per heavy atom. The molecule has 1 aliphatic carbocycles. The van der Waals surface area contributed by atoms with Crippen LogP contribution in [0.2, 0.25) is 0 Å². The molecule has 1 aromatic carbocycles. The number of hydrogen-bond donors (Lipinski definition) is 1. The van der Waals surface area contributed by atoms with Crippen LogP contribution >= 0.6 is 0 Å². The Morgan fingerprint density at radius 2 is 2.00 bits per heavy atom. The van der Waals surface area contributed by atoms with E-state index in [9.17, 15) is 9.90 Å². The van der Waals surface area contributed by atoms with Gasteiger partial charge in [-0.1, -0.05) is 24.8 Å². The van der Waals surface area contributed by atoms with E-state index in [-0.39, 0.29) is 11.5 Å². The summed E-state index contributed by atoms with van der Waals surface area (Å²) < 4.78 is 2.12. The van der Waals surface area contributed by atoms with Gasteiger partial charge in [-0.05, 0) is 19.1 Å². The summed E-state index contributed by atoms with van der Waals surface area (Å²) >= 11 is 0. The molecular weight excluding hydrogens is 262 g/mol. The fourth-order valence-corrected chi connectivity index (χ4v) is 2.67. The van der Waals surface area contributed by atoms with Crippen molar-refractivity contribution >= 4 is 22.8 Å². The lowest BCUT2D eigenvalue weighted by Crippen LogP contribution is -2.37. The number of para-hydroxylation sites is 1. The van der Waals surface area contributed by atoms with Gasteiger partial charge in [0.2, 0.25) is 17.0 Å². The van der Waals surface area contributed by atoms with Crippen LogP contribution in [0.1, 0.15) is 12.6 Å². The molecule has 0 spiro atoms. The molecule has 3 nitrogen and oxygen atoms in total. The standard InChI is InChI=1S/C18H15NO2/c1-3-14-17(20)15(18(14)21)11-13-10-9-12-7-5-6-8-16(12)19(13)4-2/h3,5-11H,1,4H2,2H3/p+1. The summed E-state index contributed by atoms with van der Waals surface area (Å²) in [6.45, 7) is 6.37. The van der Waals surface area contributed by atoms with Crippen molar-refractivity contribution in [1.29, 1.82) is 0 Å². The van der Waals surface area contributed by atoms with Gasteiger partial charge in [-0.3, -0.25) is 4.79 Å². The zero-order valence-electron chi connectivity index (χ0n) is 11.8. The van der Waals surface area contributed by atoms with Gasteiger partial charge in [-0.2, -0.15) is 4.57 Å². The maximum Gasteiger partial charge on any atom is 0.212 e. The second kappa shape index (κ2) is 5.02. The highest BCUT2D eigenvalue weighted by Gasteiger charge is 2.32. The quantitative estimate of drug-likeness (QED) is 0.692. The maximum absolute atomic E-state index is 11.9. The third kappa shape index (κ3) is 1.98. The molecule has 3 heteroatoms.